The summed E-state index contributed by atoms with van der Waals surface area (Å²) in [5.41, 5.74) is -1.04. The van der Waals surface area contributed by atoms with E-state index in [1.54, 1.807) is 6.08 Å². The molecule has 98 valence electrons. The van der Waals surface area contributed by atoms with Crippen molar-refractivity contribution in [2.75, 3.05) is 0 Å². The molecule has 18 heavy (non-hydrogen) atoms. The number of nitrogens with zero attached hydrogens (tertiary/aromatic N) is 1. The van der Waals surface area contributed by atoms with Gasteiger partial charge in [-0.25, -0.2) is 0 Å². The molecule has 0 amide bonds. The highest BCUT2D eigenvalue weighted by molar-refractivity contribution is 6.40. The second-order valence-corrected chi connectivity index (χ2v) is 6.55. The van der Waals surface area contributed by atoms with Crippen molar-refractivity contribution in [1.82, 2.24) is 0 Å². The summed E-state index contributed by atoms with van der Waals surface area (Å²) in [6.45, 7) is 1.84. The van der Waals surface area contributed by atoms with Crippen LogP contribution >= 0.6 is 23.2 Å². The van der Waals surface area contributed by atoms with Crippen LogP contribution in [0.1, 0.15) is 39.0 Å². The zero-order valence-electron chi connectivity index (χ0n) is 10.4. The van der Waals surface area contributed by atoms with Crippen molar-refractivity contribution in [3.8, 4) is 6.07 Å². The Kier molecular flexibility index (Phi) is 3.78. The van der Waals surface area contributed by atoms with E-state index in [1.165, 1.54) is 0 Å². The van der Waals surface area contributed by atoms with Crippen LogP contribution in [-0.4, -0.2) is 10.7 Å². The topological polar surface area (TPSA) is 44.0 Å². The summed E-state index contributed by atoms with van der Waals surface area (Å²) in [6.07, 6.45) is 7.19. The maximum Gasteiger partial charge on any atom is 0.0696 e. The number of nitriles is 1. The Bertz CT molecular complexity index is 435. The normalized spacial score (nSPS) is 40.7. The molecule has 1 atom stereocenters. The summed E-state index contributed by atoms with van der Waals surface area (Å²) < 4.78 is 0. The van der Waals surface area contributed by atoms with E-state index in [-0.39, 0.29) is 5.92 Å². The lowest BCUT2D eigenvalue weighted by Gasteiger charge is -2.42. The van der Waals surface area contributed by atoms with Crippen LogP contribution in [0.25, 0.3) is 0 Å². The van der Waals surface area contributed by atoms with Crippen LogP contribution in [0.3, 0.4) is 0 Å². The molecule has 0 aliphatic heterocycles. The molecule has 1 fully saturated rings. The first-order valence-corrected chi connectivity index (χ1v) is 7.00. The molecule has 0 aromatic rings. The minimum absolute atomic E-state index is 0.105. The van der Waals surface area contributed by atoms with Gasteiger partial charge in [0.15, 0.2) is 0 Å². The quantitative estimate of drug-likeness (QED) is 0.789. The van der Waals surface area contributed by atoms with E-state index in [0.717, 1.165) is 0 Å². The van der Waals surface area contributed by atoms with Crippen LogP contribution in [0.15, 0.2) is 22.2 Å². The highest BCUT2D eigenvalue weighted by Crippen LogP contribution is 2.49. The molecule has 0 heterocycles. The van der Waals surface area contributed by atoms with E-state index in [2.05, 4.69) is 6.07 Å². The molecule has 2 aliphatic rings. The van der Waals surface area contributed by atoms with Crippen LogP contribution in [0, 0.1) is 22.7 Å². The standard InChI is InChI=1S/C14H17Cl2NO/c1-13(18)4-6-14(9-17,7-5-13)10-2-3-11(15)12(16)8-10/h2-3,10,18H,4-8H2,1H3/t10?,13-,14-. The third-order valence-corrected chi connectivity index (χ3v) is 5.09. The number of aliphatic hydroxyl groups is 1. The van der Waals surface area contributed by atoms with Gasteiger partial charge in [0.1, 0.15) is 0 Å². The smallest absolute Gasteiger partial charge is 0.0696 e. The van der Waals surface area contributed by atoms with E-state index in [0.29, 0.717) is 42.2 Å². The van der Waals surface area contributed by atoms with Crippen LogP contribution < -0.4 is 0 Å². The van der Waals surface area contributed by atoms with Gasteiger partial charge in [0.2, 0.25) is 0 Å². The Morgan fingerprint density at radius 2 is 1.94 bits per heavy atom. The first kappa shape index (κ1) is 13.9. The van der Waals surface area contributed by atoms with Crippen molar-refractivity contribution in [3.05, 3.63) is 22.2 Å². The summed E-state index contributed by atoms with van der Waals surface area (Å²) >= 11 is 12.0. The summed E-state index contributed by atoms with van der Waals surface area (Å²) in [5.74, 6) is 0.105. The number of hydrogen-bond donors (Lipinski definition) is 1. The van der Waals surface area contributed by atoms with Crippen LogP contribution in [0.5, 0.6) is 0 Å². The second kappa shape index (κ2) is 4.89. The maximum absolute atomic E-state index is 10.0. The Morgan fingerprint density at radius 1 is 1.33 bits per heavy atom. The van der Waals surface area contributed by atoms with Gasteiger partial charge < -0.3 is 5.11 Å². The van der Waals surface area contributed by atoms with Gasteiger partial charge in [0.25, 0.3) is 0 Å². The third kappa shape index (κ3) is 2.59. The molecule has 0 saturated heterocycles. The Balaban J connectivity index is 2.17. The molecular weight excluding hydrogens is 269 g/mol. The minimum Gasteiger partial charge on any atom is -0.390 e. The number of allylic oxidation sites excluding steroid dienone is 4. The van der Waals surface area contributed by atoms with E-state index in [9.17, 15) is 10.4 Å². The lowest BCUT2D eigenvalue weighted by atomic mass is 9.62. The van der Waals surface area contributed by atoms with Gasteiger partial charge in [-0.05, 0) is 45.1 Å². The number of hydrogen-bond acceptors (Lipinski definition) is 2. The third-order valence-electron chi connectivity index (χ3n) is 4.28. The van der Waals surface area contributed by atoms with E-state index >= 15 is 0 Å². The van der Waals surface area contributed by atoms with Gasteiger partial charge in [-0.2, -0.15) is 5.26 Å². The van der Waals surface area contributed by atoms with Crippen LogP contribution in [0.4, 0.5) is 0 Å². The highest BCUT2D eigenvalue weighted by Gasteiger charge is 2.44. The highest BCUT2D eigenvalue weighted by atomic mass is 35.5. The van der Waals surface area contributed by atoms with Gasteiger partial charge >= 0.3 is 0 Å². The Hall–Kier alpha value is -0.490. The van der Waals surface area contributed by atoms with E-state index < -0.39 is 11.0 Å². The van der Waals surface area contributed by atoms with Gasteiger partial charge in [0.05, 0.1) is 22.1 Å². The predicted molar refractivity (Wildman–Crippen MR) is 73.1 cm³/mol. The predicted octanol–water partition coefficient (Wildman–Crippen LogP) is 4.09. The van der Waals surface area contributed by atoms with Crippen LogP contribution in [-0.2, 0) is 0 Å². The summed E-state index contributed by atoms with van der Waals surface area (Å²) in [6, 6.07) is 2.47. The maximum atomic E-state index is 10.0. The fourth-order valence-electron chi connectivity index (χ4n) is 2.83. The van der Waals surface area contributed by atoms with Crippen molar-refractivity contribution in [3.63, 3.8) is 0 Å². The van der Waals surface area contributed by atoms with Gasteiger partial charge in [-0.3, -0.25) is 0 Å². The van der Waals surface area contributed by atoms with Crippen molar-refractivity contribution in [2.45, 2.75) is 44.6 Å². The van der Waals surface area contributed by atoms with Gasteiger partial charge in [0, 0.05) is 11.0 Å². The Morgan fingerprint density at radius 3 is 2.44 bits per heavy atom. The van der Waals surface area contributed by atoms with Crippen molar-refractivity contribution < 1.29 is 5.11 Å². The van der Waals surface area contributed by atoms with Gasteiger partial charge in [-0.15, -0.1) is 0 Å². The second-order valence-electron chi connectivity index (χ2n) is 5.69. The molecule has 1 N–H and O–H groups in total. The van der Waals surface area contributed by atoms with Crippen LogP contribution in [0.2, 0.25) is 0 Å². The fraction of sp³-hybridized carbons (Fsp3) is 0.643. The molecule has 0 bridgehead atoms. The lowest BCUT2D eigenvalue weighted by molar-refractivity contribution is -0.0145. The van der Waals surface area contributed by atoms with Crippen molar-refractivity contribution >= 4 is 23.2 Å². The number of halogens is 2. The molecule has 2 rings (SSSR count). The molecule has 4 heteroatoms. The zero-order chi connectivity index (χ0) is 13.4. The van der Waals surface area contributed by atoms with Crippen molar-refractivity contribution in [1.29, 1.82) is 5.26 Å². The molecule has 1 saturated carbocycles. The Labute approximate surface area is 118 Å². The van der Waals surface area contributed by atoms with E-state index in [1.807, 2.05) is 13.0 Å². The molecule has 0 aromatic heterocycles. The monoisotopic (exact) mass is 285 g/mol. The minimum atomic E-state index is -0.629. The lowest BCUT2D eigenvalue weighted by Crippen LogP contribution is -2.40. The molecule has 1 unspecified atom stereocenters. The largest absolute Gasteiger partial charge is 0.390 e. The average molecular weight is 286 g/mol. The molecule has 0 radical (unpaired) electrons. The first-order valence-electron chi connectivity index (χ1n) is 6.25. The summed E-state index contributed by atoms with van der Waals surface area (Å²) in [4.78, 5) is 0. The van der Waals surface area contributed by atoms with E-state index in [4.69, 9.17) is 23.2 Å². The molecular formula is C14H17Cl2NO. The summed E-state index contributed by atoms with van der Waals surface area (Å²) in [5, 5.41) is 20.8. The van der Waals surface area contributed by atoms with Crippen molar-refractivity contribution in [2.24, 2.45) is 11.3 Å². The fourth-order valence-corrected chi connectivity index (χ4v) is 3.21. The molecule has 2 nitrogen and oxygen atoms in total. The number of rotatable bonds is 1. The average Bonchev–Trinajstić information content (AvgIpc) is 2.34. The molecule has 2 aliphatic carbocycles. The summed E-state index contributed by atoms with van der Waals surface area (Å²) in [7, 11) is 0. The zero-order valence-corrected chi connectivity index (χ0v) is 11.9. The molecule has 0 spiro atoms. The first-order chi connectivity index (χ1) is 8.38. The molecule has 0 aromatic carbocycles. The SMILES string of the molecule is C[C@]1(O)CC[C@](C#N)(C2C=CC(Cl)=C(Cl)C2)CC1. The van der Waals surface area contributed by atoms with Gasteiger partial charge in [-0.1, -0.05) is 29.3 Å².